The molecule has 0 aliphatic rings. The van der Waals surface area contributed by atoms with Crippen molar-refractivity contribution in [3.8, 4) is 5.75 Å². The van der Waals surface area contributed by atoms with Crippen molar-refractivity contribution in [2.75, 3.05) is 10.6 Å². The highest BCUT2D eigenvalue weighted by atomic mass is 35.5. The Kier molecular flexibility index (Phi) is 4.22. The number of benzene rings is 2. The van der Waals surface area contributed by atoms with E-state index in [1.807, 2.05) is 0 Å². The summed E-state index contributed by atoms with van der Waals surface area (Å²) in [7, 11) is 0. The minimum atomic E-state index is -0.837. The molecule has 20 heavy (non-hydrogen) atoms. The van der Waals surface area contributed by atoms with Gasteiger partial charge in [0.05, 0.1) is 0 Å². The molecule has 0 spiro atoms. The quantitative estimate of drug-likeness (QED) is 0.744. The van der Waals surface area contributed by atoms with E-state index in [2.05, 4.69) is 10.6 Å². The maximum Gasteiger partial charge on any atom is 0.314 e. The lowest BCUT2D eigenvalue weighted by Crippen LogP contribution is -2.29. The first-order valence-electron chi connectivity index (χ1n) is 5.71. The van der Waals surface area contributed by atoms with Gasteiger partial charge in [-0.05, 0) is 30.3 Å². The zero-order chi connectivity index (χ0) is 14.5. The molecule has 0 unspecified atom stereocenters. The first-order chi connectivity index (χ1) is 9.54. The summed E-state index contributed by atoms with van der Waals surface area (Å²) in [6, 6.07) is 12.4. The second-order valence-corrected chi connectivity index (χ2v) is 4.41. The maximum atomic E-state index is 11.7. The van der Waals surface area contributed by atoms with Crippen molar-refractivity contribution in [3.05, 3.63) is 53.6 Å². The smallest absolute Gasteiger partial charge is 0.314 e. The van der Waals surface area contributed by atoms with Crippen molar-refractivity contribution in [3.63, 3.8) is 0 Å². The molecule has 0 heterocycles. The van der Waals surface area contributed by atoms with Crippen molar-refractivity contribution in [1.82, 2.24) is 0 Å². The van der Waals surface area contributed by atoms with Crippen molar-refractivity contribution in [2.24, 2.45) is 0 Å². The number of hydrogen-bond acceptors (Lipinski definition) is 3. The molecule has 0 bridgehead atoms. The molecule has 2 amide bonds. The van der Waals surface area contributed by atoms with E-state index in [4.69, 9.17) is 11.6 Å². The number of amides is 2. The van der Waals surface area contributed by atoms with Crippen LogP contribution < -0.4 is 10.6 Å². The number of halogens is 1. The third kappa shape index (κ3) is 3.73. The molecule has 0 atom stereocenters. The number of phenolic OH excluding ortho intramolecular Hbond substituents is 1. The Bertz CT molecular complexity index is 601. The number of carbonyl (C=O) groups excluding carboxylic acids is 2. The van der Waals surface area contributed by atoms with Crippen molar-refractivity contribution in [1.29, 1.82) is 0 Å². The summed E-state index contributed by atoms with van der Waals surface area (Å²) in [6.45, 7) is 0. The molecule has 6 heteroatoms. The molecule has 5 nitrogen and oxygen atoms in total. The van der Waals surface area contributed by atoms with Crippen LogP contribution in [0.2, 0.25) is 5.02 Å². The van der Waals surface area contributed by atoms with Crippen LogP contribution in [-0.4, -0.2) is 16.9 Å². The Morgan fingerprint density at radius 2 is 1.45 bits per heavy atom. The number of anilines is 2. The number of hydrogen-bond donors (Lipinski definition) is 3. The van der Waals surface area contributed by atoms with E-state index in [1.165, 1.54) is 18.2 Å². The average Bonchev–Trinajstić information content (AvgIpc) is 2.38. The highest BCUT2D eigenvalue weighted by Gasteiger charge is 2.14. The van der Waals surface area contributed by atoms with Gasteiger partial charge in [0.2, 0.25) is 0 Å². The van der Waals surface area contributed by atoms with Gasteiger partial charge in [-0.25, -0.2) is 0 Å². The molecular formula is C14H11ClN2O3. The fourth-order valence-electron chi connectivity index (χ4n) is 1.53. The van der Waals surface area contributed by atoms with E-state index in [0.29, 0.717) is 16.4 Å². The van der Waals surface area contributed by atoms with E-state index >= 15 is 0 Å². The molecule has 2 rings (SSSR count). The zero-order valence-electron chi connectivity index (χ0n) is 10.3. The fourth-order valence-corrected chi connectivity index (χ4v) is 1.72. The lowest BCUT2D eigenvalue weighted by molar-refractivity contribution is -0.132. The van der Waals surface area contributed by atoms with E-state index in [0.717, 1.165) is 0 Å². The van der Waals surface area contributed by atoms with E-state index in [1.54, 1.807) is 30.3 Å². The molecule has 0 saturated heterocycles. The fraction of sp³-hybridized carbons (Fsp3) is 0. The van der Waals surface area contributed by atoms with Gasteiger partial charge in [-0.1, -0.05) is 23.7 Å². The Morgan fingerprint density at radius 3 is 2.00 bits per heavy atom. The summed E-state index contributed by atoms with van der Waals surface area (Å²) in [5, 5.41) is 14.5. The third-order valence-corrected chi connectivity index (χ3v) is 2.63. The van der Waals surface area contributed by atoms with E-state index in [-0.39, 0.29) is 5.75 Å². The minimum absolute atomic E-state index is 0.00181. The topological polar surface area (TPSA) is 78.4 Å². The maximum absolute atomic E-state index is 11.7. The summed E-state index contributed by atoms with van der Waals surface area (Å²) in [4.78, 5) is 23.4. The zero-order valence-corrected chi connectivity index (χ0v) is 11.0. The van der Waals surface area contributed by atoms with Crippen LogP contribution in [0.3, 0.4) is 0 Å². The normalized spacial score (nSPS) is 9.85. The molecule has 0 aliphatic heterocycles. The summed E-state index contributed by atoms with van der Waals surface area (Å²) in [5.41, 5.74) is 0.754. The molecule has 0 fully saturated rings. The van der Waals surface area contributed by atoms with Gasteiger partial charge in [-0.2, -0.15) is 0 Å². The van der Waals surface area contributed by atoms with Gasteiger partial charge >= 0.3 is 11.8 Å². The Morgan fingerprint density at radius 1 is 0.900 bits per heavy atom. The predicted molar refractivity (Wildman–Crippen MR) is 76.8 cm³/mol. The highest BCUT2D eigenvalue weighted by Crippen LogP contribution is 2.16. The monoisotopic (exact) mass is 290 g/mol. The number of aromatic hydroxyl groups is 1. The van der Waals surface area contributed by atoms with Gasteiger partial charge in [-0.3, -0.25) is 9.59 Å². The molecule has 0 saturated carbocycles. The van der Waals surface area contributed by atoms with Gasteiger partial charge < -0.3 is 15.7 Å². The second kappa shape index (κ2) is 6.08. The van der Waals surface area contributed by atoms with Gasteiger partial charge in [0, 0.05) is 22.5 Å². The van der Waals surface area contributed by atoms with Crippen LogP contribution in [-0.2, 0) is 9.59 Å². The number of phenols is 1. The van der Waals surface area contributed by atoms with Crippen LogP contribution in [0.5, 0.6) is 5.75 Å². The number of carbonyl (C=O) groups is 2. The van der Waals surface area contributed by atoms with Crippen LogP contribution in [0.15, 0.2) is 48.5 Å². The average molecular weight is 291 g/mol. The van der Waals surface area contributed by atoms with Crippen LogP contribution in [0.25, 0.3) is 0 Å². The van der Waals surface area contributed by atoms with Crippen molar-refractivity contribution < 1.29 is 14.7 Å². The van der Waals surface area contributed by atoms with Crippen LogP contribution in [0, 0.1) is 0 Å². The highest BCUT2D eigenvalue weighted by molar-refractivity contribution is 6.43. The standard InChI is InChI=1S/C14H11ClN2O3/c15-9-3-1-4-10(7-9)16-13(19)14(20)17-11-5-2-6-12(18)8-11/h1-8,18H,(H,16,19)(H,17,20). The molecule has 2 aromatic rings. The van der Waals surface area contributed by atoms with Crippen molar-refractivity contribution in [2.45, 2.75) is 0 Å². The van der Waals surface area contributed by atoms with E-state index < -0.39 is 11.8 Å². The largest absolute Gasteiger partial charge is 0.508 e. The van der Waals surface area contributed by atoms with Crippen LogP contribution >= 0.6 is 11.6 Å². The molecule has 0 aromatic heterocycles. The summed E-state index contributed by atoms with van der Waals surface area (Å²) >= 11 is 5.78. The van der Waals surface area contributed by atoms with E-state index in [9.17, 15) is 14.7 Å². The molecule has 3 N–H and O–H groups in total. The number of nitrogens with one attached hydrogen (secondary N) is 2. The Hall–Kier alpha value is -2.53. The minimum Gasteiger partial charge on any atom is -0.508 e. The van der Waals surface area contributed by atoms with Gasteiger partial charge in [0.1, 0.15) is 5.75 Å². The van der Waals surface area contributed by atoms with Gasteiger partial charge in [0.15, 0.2) is 0 Å². The Labute approximate surface area is 120 Å². The molecule has 2 aromatic carbocycles. The summed E-state index contributed by atoms with van der Waals surface area (Å²) < 4.78 is 0. The molecular weight excluding hydrogens is 280 g/mol. The molecule has 0 aliphatic carbocycles. The summed E-state index contributed by atoms with van der Waals surface area (Å²) in [6.07, 6.45) is 0. The van der Waals surface area contributed by atoms with Crippen LogP contribution in [0.1, 0.15) is 0 Å². The first kappa shape index (κ1) is 13.9. The molecule has 0 radical (unpaired) electrons. The van der Waals surface area contributed by atoms with Gasteiger partial charge in [-0.15, -0.1) is 0 Å². The third-order valence-electron chi connectivity index (χ3n) is 2.39. The number of rotatable bonds is 2. The lowest BCUT2D eigenvalue weighted by atomic mass is 10.3. The molecule has 102 valence electrons. The lowest BCUT2D eigenvalue weighted by Gasteiger charge is -2.07. The first-order valence-corrected chi connectivity index (χ1v) is 6.09. The second-order valence-electron chi connectivity index (χ2n) is 3.97. The van der Waals surface area contributed by atoms with Crippen molar-refractivity contribution >= 4 is 34.8 Å². The Balaban J connectivity index is 2.01. The predicted octanol–water partition coefficient (Wildman–Crippen LogP) is 2.62. The van der Waals surface area contributed by atoms with Gasteiger partial charge in [0.25, 0.3) is 0 Å². The summed E-state index contributed by atoms with van der Waals surface area (Å²) in [5.74, 6) is -1.66. The van der Waals surface area contributed by atoms with Crippen LogP contribution in [0.4, 0.5) is 11.4 Å². The SMILES string of the molecule is O=C(Nc1cccc(O)c1)C(=O)Nc1cccc(Cl)c1.